The number of halogens is 1. The summed E-state index contributed by atoms with van der Waals surface area (Å²) in [6.07, 6.45) is 3.13. The van der Waals surface area contributed by atoms with Crippen LogP contribution in [0.5, 0.6) is 0 Å². The molecule has 0 aliphatic rings. The van der Waals surface area contributed by atoms with Gasteiger partial charge in [0.1, 0.15) is 17.6 Å². The topological polar surface area (TPSA) is 67.0 Å². The molecule has 130 valence electrons. The molecule has 2 aromatic heterocycles. The van der Waals surface area contributed by atoms with Crippen molar-refractivity contribution in [2.24, 2.45) is 0 Å². The largest absolute Gasteiger partial charge is 0.375 e. The lowest BCUT2D eigenvalue weighted by Gasteiger charge is -2.24. The smallest absolute Gasteiger partial charge is 0.224 e. The number of carbonyl (C=O) groups excluding carboxylic acids is 1. The van der Waals surface area contributed by atoms with Gasteiger partial charge in [-0.2, -0.15) is 0 Å². The van der Waals surface area contributed by atoms with Gasteiger partial charge in [0.05, 0.1) is 12.5 Å². The number of fused-ring (bicyclic) bond motifs is 1. The molecular weight excluding hydrogens is 321 g/mol. The zero-order chi connectivity index (χ0) is 17.8. The number of methoxy groups -OCH3 is 1. The van der Waals surface area contributed by atoms with Gasteiger partial charge in [-0.1, -0.05) is 18.2 Å². The van der Waals surface area contributed by atoms with Gasteiger partial charge >= 0.3 is 0 Å². The second-order valence-electron chi connectivity index (χ2n) is 5.92. The van der Waals surface area contributed by atoms with Crippen LogP contribution in [-0.2, 0) is 16.0 Å². The summed E-state index contributed by atoms with van der Waals surface area (Å²) in [6.45, 7) is 1.80. The molecule has 2 heterocycles. The lowest BCUT2D eigenvalue weighted by molar-refractivity contribution is -0.122. The summed E-state index contributed by atoms with van der Waals surface area (Å²) < 4.78 is 19.4. The van der Waals surface area contributed by atoms with Crippen LogP contribution in [0, 0.1) is 5.82 Å². The van der Waals surface area contributed by atoms with Gasteiger partial charge in [0.25, 0.3) is 0 Å². The molecule has 0 spiro atoms. The number of H-pyrrole nitrogens is 1. The summed E-state index contributed by atoms with van der Waals surface area (Å²) in [7, 11) is 1.51. The quantitative estimate of drug-likeness (QED) is 0.724. The molecule has 0 radical (unpaired) electrons. The first-order chi connectivity index (χ1) is 12.1. The molecular formula is C19H20FN3O2. The lowest BCUT2D eigenvalue weighted by Crippen LogP contribution is -2.38. The van der Waals surface area contributed by atoms with E-state index >= 15 is 0 Å². The Kier molecular flexibility index (Phi) is 5.09. The Morgan fingerprint density at radius 3 is 2.88 bits per heavy atom. The normalized spacial score (nSPS) is 13.6. The standard InChI is InChI=1S/C19H20FN3O2/c1-12(18(25-2)15-6-3-4-8-16(15)20)23-17(24)10-13-11-22-19-14(13)7-5-9-21-19/h3-9,11-12,18H,10H2,1-2H3,(H,21,22)(H,23,24)/t12-,18+/m0/s1. The van der Waals surface area contributed by atoms with Crippen LogP contribution >= 0.6 is 0 Å². The number of rotatable bonds is 6. The van der Waals surface area contributed by atoms with E-state index in [9.17, 15) is 9.18 Å². The van der Waals surface area contributed by atoms with Crippen molar-refractivity contribution in [2.45, 2.75) is 25.5 Å². The zero-order valence-corrected chi connectivity index (χ0v) is 14.1. The molecule has 0 aliphatic heterocycles. The van der Waals surface area contributed by atoms with Gasteiger partial charge in [-0.25, -0.2) is 9.37 Å². The number of benzene rings is 1. The van der Waals surface area contributed by atoms with Gasteiger partial charge < -0.3 is 15.0 Å². The molecule has 2 N–H and O–H groups in total. The number of hydrogen-bond donors (Lipinski definition) is 2. The Balaban J connectivity index is 1.70. The van der Waals surface area contributed by atoms with Gasteiger partial charge in [-0.05, 0) is 30.7 Å². The summed E-state index contributed by atoms with van der Waals surface area (Å²) in [5, 5.41) is 3.81. The van der Waals surface area contributed by atoms with Gasteiger partial charge in [-0.15, -0.1) is 0 Å². The van der Waals surface area contributed by atoms with Crippen molar-refractivity contribution in [1.82, 2.24) is 15.3 Å². The fraction of sp³-hybridized carbons (Fsp3) is 0.263. The highest BCUT2D eigenvalue weighted by molar-refractivity contribution is 5.87. The zero-order valence-electron chi connectivity index (χ0n) is 14.1. The SMILES string of the molecule is CO[C@@H](c1ccccc1F)[C@H](C)NC(=O)Cc1c[nH]c2ncccc12. The van der Waals surface area contributed by atoms with E-state index in [0.717, 1.165) is 16.6 Å². The Labute approximate surface area is 145 Å². The Hall–Kier alpha value is -2.73. The number of carbonyl (C=O) groups is 1. The molecule has 6 heteroatoms. The predicted molar refractivity (Wildman–Crippen MR) is 93.6 cm³/mol. The number of aromatic amines is 1. The summed E-state index contributed by atoms with van der Waals surface area (Å²) in [5.41, 5.74) is 2.04. The highest BCUT2D eigenvalue weighted by atomic mass is 19.1. The molecule has 0 aliphatic carbocycles. The van der Waals surface area contributed by atoms with E-state index in [1.165, 1.54) is 13.2 Å². The monoisotopic (exact) mass is 341 g/mol. The van der Waals surface area contributed by atoms with Crippen molar-refractivity contribution < 1.29 is 13.9 Å². The van der Waals surface area contributed by atoms with E-state index in [-0.39, 0.29) is 24.2 Å². The second kappa shape index (κ2) is 7.44. The number of nitrogens with one attached hydrogen (secondary N) is 2. The minimum atomic E-state index is -0.560. The van der Waals surface area contributed by atoms with E-state index < -0.39 is 6.10 Å². The van der Waals surface area contributed by atoms with E-state index in [4.69, 9.17) is 4.74 Å². The van der Waals surface area contributed by atoms with Crippen molar-refractivity contribution >= 4 is 16.9 Å². The minimum Gasteiger partial charge on any atom is -0.375 e. The number of hydrogen-bond acceptors (Lipinski definition) is 3. The summed E-state index contributed by atoms with van der Waals surface area (Å²) in [4.78, 5) is 19.7. The summed E-state index contributed by atoms with van der Waals surface area (Å²) >= 11 is 0. The molecule has 0 saturated heterocycles. The van der Waals surface area contributed by atoms with E-state index in [0.29, 0.717) is 5.56 Å². The molecule has 1 aromatic carbocycles. The Morgan fingerprint density at radius 2 is 2.12 bits per heavy atom. The fourth-order valence-corrected chi connectivity index (χ4v) is 3.02. The number of nitrogens with zero attached hydrogens (tertiary/aromatic N) is 1. The van der Waals surface area contributed by atoms with Crippen LogP contribution in [0.25, 0.3) is 11.0 Å². The van der Waals surface area contributed by atoms with E-state index in [1.54, 1.807) is 37.5 Å². The molecule has 0 fully saturated rings. The van der Waals surface area contributed by atoms with Crippen molar-refractivity contribution in [2.75, 3.05) is 7.11 Å². The lowest BCUT2D eigenvalue weighted by atomic mass is 10.0. The predicted octanol–water partition coefficient (Wildman–Crippen LogP) is 3.14. The summed E-state index contributed by atoms with van der Waals surface area (Å²) in [6, 6.07) is 9.80. The first-order valence-corrected chi connectivity index (χ1v) is 8.07. The minimum absolute atomic E-state index is 0.157. The van der Waals surface area contributed by atoms with Crippen molar-refractivity contribution in [3.8, 4) is 0 Å². The molecule has 25 heavy (non-hydrogen) atoms. The van der Waals surface area contributed by atoms with Crippen LogP contribution in [0.1, 0.15) is 24.2 Å². The van der Waals surface area contributed by atoms with Crippen LogP contribution in [0.4, 0.5) is 4.39 Å². The van der Waals surface area contributed by atoms with Gasteiger partial charge in [-0.3, -0.25) is 4.79 Å². The average Bonchev–Trinajstić information content (AvgIpc) is 3.00. The van der Waals surface area contributed by atoms with Crippen LogP contribution in [0.3, 0.4) is 0 Å². The maximum atomic E-state index is 14.0. The van der Waals surface area contributed by atoms with Crippen molar-refractivity contribution in [1.29, 1.82) is 0 Å². The van der Waals surface area contributed by atoms with Gasteiger partial charge in [0, 0.05) is 30.5 Å². The van der Waals surface area contributed by atoms with E-state index in [2.05, 4.69) is 15.3 Å². The molecule has 3 aromatic rings. The van der Waals surface area contributed by atoms with Crippen LogP contribution in [0.15, 0.2) is 48.8 Å². The third kappa shape index (κ3) is 3.69. The molecule has 3 rings (SSSR count). The number of amides is 1. The van der Waals surface area contributed by atoms with Gasteiger partial charge in [0.15, 0.2) is 0 Å². The highest BCUT2D eigenvalue weighted by Gasteiger charge is 2.23. The van der Waals surface area contributed by atoms with Crippen molar-refractivity contribution in [3.63, 3.8) is 0 Å². The molecule has 2 atom stereocenters. The first-order valence-electron chi connectivity index (χ1n) is 8.07. The number of aromatic nitrogens is 2. The Morgan fingerprint density at radius 1 is 1.32 bits per heavy atom. The molecule has 5 nitrogen and oxygen atoms in total. The average molecular weight is 341 g/mol. The second-order valence-corrected chi connectivity index (χ2v) is 5.92. The van der Waals surface area contributed by atoms with Crippen LogP contribution in [-0.4, -0.2) is 29.0 Å². The summed E-state index contributed by atoms with van der Waals surface area (Å²) in [5.74, 6) is -0.506. The van der Waals surface area contributed by atoms with Gasteiger partial charge in [0.2, 0.25) is 5.91 Å². The highest BCUT2D eigenvalue weighted by Crippen LogP contribution is 2.23. The maximum Gasteiger partial charge on any atom is 0.224 e. The maximum absolute atomic E-state index is 14.0. The fourth-order valence-electron chi connectivity index (χ4n) is 3.02. The van der Waals surface area contributed by atoms with Crippen LogP contribution < -0.4 is 5.32 Å². The molecule has 1 amide bonds. The molecule has 0 unspecified atom stereocenters. The molecule has 0 saturated carbocycles. The molecule has 0 bridgehead atoms. The van der Waals surface area contributed by atoms with Crippen LogP contribution in [0.2, 0.25) is 0 Å². The van der Waals surface area contributed by atoms with E-state index in [1.807, 2.05) is 12.1 Å². The third-order valence-corrected chi connectivity index (χ3v) is 4.20. The number of pyridine rings is 1. The first kappa shape index (κ1) is 17.1. The Bertz CT molecular complexity index is 878. The van der Waals surface area contributed by atoms with Crippen molar-refractivity contribution in [3.05, 3.63) is 65.7 Å². The third-order valence-electron chi connectivity index (χ3n) is 4.20. The number of ether oxygens (including phenoxy) is 1.